The average Bonchev–Trinajstić information content (AvgIpc) is 2.48. The third kappa shape index (κ3) is 2.30. The van der Waals surface area contributed by atoms with Gasteiger partial charge in [0.05, 0.1) is 6.04 Å². The van der Waals surface area contributed by atoms with Crippen molar-refractivity contribution in [1.82, 2.24) is 4.98 Å². The number of aromatic nitrogens is 1. The number of thiazole rings is 1. The lowest BCUT2D eigenvalue weighted by Gasteiger charge is -2.24. The predicted octanol–water partition coefficient (Wildman–Crippen LogP) is 2.17. The molecule has 0 amide bonds. The van der Waals surface area contributed by atoms with Crippen LogP contribution < -0.4 is 5.73 Å². The van der Waals surface area contributed by atoms with Crippen LogP contribution in [0.2, 0.25) is 0 Å². The van der Waals surface area contributed by atoms with E-state index < -0.39 is 0 Å². The quantitative estimate of drug-likeness (QED) is 0.696. The summed E-state index contributed by atoms with van der Waals surface area (Å²) in [7, 11) is 0. The van der Waals surface area contributed by atoms with E-state index in [2.05, 4.69) is 31.7 Å². The van der Waals surface area contributed by atoms with Gasteiger partial charge < -0.3 is 5.73 Å². The van der Waals surface area contributed by atoms with Crippen molar-refractivity contribution in [2.75, 3.05) is 0 Å². The highest BCUT2D eigenvalue weighted by Crippen LogP contribution is 2.31. The molecular weight excluding hydrogens is 180 g/mol. The van der Waals surface area contributed by atoms with Crippen molar-refractivity contribution in [3.63, 3.8) is 0 Å². The zero-order valence-electron chi connectivity index (χ0n) is 8.16. The third-order valence-electron chi connectivity index (χ3n) is 1.87. The van der Waals surface area contributed by atoms with Gasteiger partial charge in [-0.25, -0.2) is 4.98 Å². The first kappa shape index (κ1) is 10.2. The Hall–Kier alpha value is -0.850. The molecule has 0 spiro atoms. The van der Waals surface area contributed by atoms with Gasteiger partial charge in [0, 0.05) is 5.38 Å². The van der Waals surface area contributed by atoms with Gasteiger partial charge in [0.15, 0.2) is 0 Å². The predicted molar refractivity (Wildman–Crippen MR) is 56.4 cm³/mol. The fourth-order valence-electron chi connectivity index (χ4n) is 0.867. The molecule has 1 atom stereocenters. The topological polar surface area (TPSA) is 38.9 Å². The van der Waals surface area contributed by atoms with Gasteiger partial charge in [-0.3, -0.25) is 0 Å². The maximum Gasteiger partial charge on any atom is 0.124 e. The number of hydrogen-bond donors (Lipinski definition) is 1. The maximum absolute atomic E-state index is 6.02. The molecule has 3 heteroatoms. The second-order valence-electron chi connectivity index (χ2n) is 4.06. The van der Waals surface area contributed by atoms with Crippen LogP contribution in [0.4, 0.5) is 0 Å². The van der Waals surface area contributed by atoms with Gasteiger partial charge in [0.2, 0.25) is 0 Å². The standard InChI is InChI=1S/C10H14N2S/c1-5-7-6-13-9(12-7)8(11)10(2,3)4/h1,6,8H,11H2,2-4H3. The normalized spacial score (nSPS) is 13.8. The second kappa shape index (κ2) is 3.49. The third-order valence-corrected chi connectivity index (χ3v) is 2.80. The summed E-state index contributed by atoms with van der Waals surface area (Å²) in [4.78, 5) is 4.25. The van der Waals surface area contributed by atoms with E-state index in [4.69, 9.17) is 12.2 Å². The van der Waals surface area contributed by atoms with Crippen LogP contribution in [0.25, 0.3) is 0 Å². The van der Waals surface area contributed by atoms with Crippen LogP contribution in [0.1, 0.15) is 37.5 Å². The summed E-state index contributed by atoms with van der Waals surface area (Å²) in [5.41, 5.74) is 6.73. The van der Waals surface area contributed by atoms with Crippen molar-refractivity contribution in [3.8, 4) is 12.3 Å². The molecule has 13 heavy (non-hydrogen) atoms. The Bertz CT molecular complexity index is 327. The molecule has 0 aliphatic carbocycles. The van der Waals surface area contributed by atoms with Gasteiger partial charge in [-0.1, -0.05) is 20.8 Å². The molecule has 1 rings (SSSR count). The summed E-state index contributed by atoms with van der Waals surface area (Å²) >= 11 is 1.53. The molecule has 1 aromatic heterocycles. The molecule has 2 nitrogen and oxygen atoms in total. The van der Waals surface area contributed by atoms with E-state index in [1.54, 1.807) is 0 Å². The summed E-state index contributed by atoms with van der Waals surface area (Å²) < 4.78 is 0. The first-order valence-electron chi connectivity index (χ1n) is 4.13. The minimum Gasteiger partial charge on any atom is -0.322 e. The summed E-state index contributed by atoms with van der Waals surface area (Å²) in [6, 6.07) is -0.0420. The number of nitrogens with zero attached hydrogens (tertiary/aromatic N) is 1. The fourth-order valence-corrected chi connectivity index (χ4v) is 1.87. The molecule has 70 valence electrons. The van der Waals surface area contributed by atoms with E-state index in [0.717, 1.165) is 5.01 Å². The molecule has 0 saturated carbocycles. The molecule has 0 aliphatic rings. The lowest BCUT2D eigenvalue weighted by molar-refractivity contribution is 0.326. The minimum absolute atomic E-state index is 0.0315. The number of nitrogens with two attached hydrogens (primary N) is 1. The van der Waals surface area contributed by atoms with Crippen LogP contribution in [0.15, 0.2) is 5.38 Å². The van der Waals surface area contributed by atoms with E-state index >= 15 is 0 Å². The van der Waals surface area contributed by atoms with Gasteiger partial charge in [0.25, 0.3) is 0 Å². The number of hydrogen-bond acceptors (Lipinski definition) is 3. The Morgan fingerprint density at radius 3 is 2.62 bits per heavy atom. The molecule has 0 saturated heterocycles. The van der Waals surface area contributed by atoms with Crippen LogP contribution in [-0.2, 0) is 0 Å². The van der Waals surface area contributed by atoms with Crippen LogP contribution >= 0.6 is 11.3 Å². The average molecular weight is 194 g/mol. The van der Waals surface area contributed by atoms with E-state index in [-0.39, 0.29) is 11.5 Å². The molecular formula is C10H14N2S. The van der Waals surface area contributed by atoms with Crippen molar-refractivity contribution < 1.29 is 0 Å². The molecule has 0 radical (unpaired) electrons. The lowest BCUT2D eigenvalue weighted by Crippen LogP contribution is -2.26. The number of rotatable bonds is 1. The largest absolute Gasteiger partial charge is 0.322 e. The lowest BCUT2D eigenvalue weighted by atomic mass is 9.88. The Balaban J connectivity index is 2.91. The maximum atomic E-state index is 6.02. The summed E-state index contributed by atoms with van der Waals surface area (Å²) in [6.07, 6.45) is 5.23. The van der Waals surface area contributed by atoms with Crippen LogP contribution in [0.3, 0.4) is 0 Å². The number of terminal acetylenes is 1. The van der Waals surface area contributed by atoms with Crippen molar-refractivity contribution >= 4 is 11.3 Å². The zero-order valence-corrected chi connectivity index (χ0v) is 8.98. The Labute approximate surface area is 83.2 Å². The van der Waals surface area contributed by atoms with E-state index in [1.807, 2.05) is 5.38 Å². The fraction of sp³-hybridized carbons (Fsp3) is 0.500. The molecule has 0 bridgehead atoms. The van der Waals surface area contributed by atoms with Crippen molar-refractivity contribution in [2.24, 2.45) is 11.1 Å². The molecule has 1 unspecified atom stereocenters. The van der Waals surface area contributed by atoms with Crippen molar-refractivity contribution in [1.29, 1.82) is 0 Å². The minimum atomic E-state index is -0.0420. The highest BCUT2D eigenvalue weighted by Gasteiger charge is 2.24. The van der Waals surface area contributed by atoms with Gasteiger partial charge in [-0.2, -0.15) is 0 Å². The van der Waals surface area contributed by atoms with Crippen LogP contribution in [0, 0.1) is 17.8 Å². The second-order valence-corrected chi connectivity index (χ2v) is 4.95. The van der Waals surface area contributed by atoms with Crippen LogP contribution in [-0.4, -0.2) is 4.98 Å². The molecule has 0 fully saturated rings. The molecule has 2 N–H and O–H groups in total. The van der Waals surface area contributed by atoms with Gasteiger partial charge in [-0.05, 0) is 11.3 Å². The smallest absolute Gasteiger partial charge is 0.124 e. The Morgan fingerprint density at radius 2 is 2.23 bits per heavy atom. The Kier molecular flexibility index (Phi) is 2.74. The molecule has 0 aromatic carbocycles. The summed E-state index contributed by atoms with van der Waals surface area (Å²) in [5.74, 6) is 2.50. The first-order valence-corrected chi connectivity index (χ1v) is 5.00. The molecule has 1 aromatic rings. The van der Waals surface area contributed by atoms with Crippen molar-refractivity contribution in [2.45, 2.75) is 26.8 Å². The SMILES string of the molecule is C#Cc1csc(C(N)C(C)(C)C)n1. The Morgan fingerprint density at radius 1 is 1.62 bits per heavy atom. The molecule has 0 aliphatic heterocycles. The highest BCUT2D eigenvalue weighted by atomic mass is 32.1. The summed E-state index contributed by atoms with van der Waals surface area (Å²) in [6.45, 7) is 6.28. The molecule has 1 heterocycles. The first-order chi connectivity index (χ1) is 5.95. The highest BCUT2D eigenvalue weighted by molar-refractivity contribution is 7.09. The van der Waals surface area contributed by atoms with Gasteiger partial charge in [0.1, 0.15) is 10.7 Å². The van der Waals surface area contributed by atoms with E-state index in [1.165, 1.54) is 11.3 Å². The zero-order chi connectivity index (χ0) is 10.1. The van der Waals surface area contributed by atoms with E-state index in [0.29, 0.717) is 5.69 Å². The summed E-state index contributed by atoms with van der Waals surface area (Å²) in [5, 5.41) is 2.78. The van der Waals surface area contributed by atoms with E-state index in [9.17, 15) is 0 Å². The monoisotopic (exact) mass is 194 g/mol. The van der Waals surface area contributed by atoms with Crippen LogP contribution in [0.5, 0.6) is 0 Å². The van der Waals surface area contributed by atoms with Gasteiger partial charge in [-0.15, -0.1) is 17.8 Å². The van der Waals surface area contributed by atoms with Gasteiger partial charge >= 0.3 is 0 Å². The van der Waals surface area contributed by atoms with Crippen molar-refractivity contribution in [3.05, 3.63) is 16.1 Å².